The summed E-state index contributed by atoms with van der Waals surface area (Å²) in [5.74, 6) is 1.77. The van der Waals surface area contributed by atoms with Crippen molar-refractivity contribution in [1.82, 2.24) is 0 Å². The second kappa shape index (κ2) is 4.75. The summed E-state index contributed by atoms with van der Waals surface area (Å²) in [6, 6.07) is 6.39. The topological polar surface area (TPSA) is 12.5 Å². The number of alkyl halides is 1. The lowest BCUT2D eigenvalue weighted by atomic mass is 10.1. The van der Waals surface area contributed by atoms with Gasteiger partial charge in [0.2, 0.25) is 0 Å². The molecule has 0 amide bonds. The summed E-state index contributed by atoms with van der Waals surface area (Å²) < 4.78 is 5.47. The zero-order chi connectivity index (χ0) is 10.7. The highest BCUT2D eigenvalue weighted by Crippen LogP contribution is 2.29. The number of fused-ring (bicyclic) bond motifs is 1. The molecule has 0 radical (unpaired) electrons. The van der Waals surface area contributed by atoms with Crippen LogP contribution in [0, 0.1) is 0 Å². The summed E-state index contributed by atoms with van der Waals surface area (Å²) in [5.41, 5.74) is 2.58. The molecule has 0 unspecified atom stereocenters. The van der Waals surface area contributed by atoms with Crippen LogP contribution in [0.5, 0.6) is 5.75 Å². The van der Waals surface area contributed by atoms with Crippen LogP contribution >= 0.6 is 11.6 Å². The van der Waals surface area contributed by atoms with Crippen LogP contribution in [0.25, 0.3) is 0 Å². The van der Waals surface area contributed by atoms with Gasteiger partial charge in [-0.05, 0) is 30.2 Å². The molecule has 2 rings (SSSR count). The van der Waals surface area contributed by atoms with E-state index in [9.17, 15) is 0 Å². The first-order chi connectivity index (χ1) is 7.31. The average Bonchev–Trinajstić information content (AvgIpc) is 2.72. The van der Waals surface area contributed by atoms with Gasteiger partial charge in [-0.25, -0.2) is 0 Å². The van der Waals surface area contributed by atoms with Crippen LogP contribution in [-0.4, -0.2) is 26.1 Å². The van der Waals surface area contributed by atoms with Crippen molar-refractivity contribution in [2.24, 2.45) is 0 Å². The van der Waals surface area contributed by atoms with E-state index in [4.69, 9.17) is 16.3 Å². The van der Waals surface area contributed by atoms with E-state index in [1.54, 1.807) is 0 Å². The average molecular weight is 226 g/mol. The minimum Gasteiger partial charge on any atom is -0.493 e. The molecule has 0 bridgehead atoms. The number of hydrogen-bond donors (Lipinski definition) is 0. The quantitative estimate of drug-likeness (QED) is 0.731. The maximum absolute atomic E-state index is 5.68. The lowest BCUT2D eigenvalue weighted by molar-refractivity contribution is 0.357. The SMILES string of the molecule is CN(CCCCl)c1ccc2c(c1)CCO2. The maximum atomic E-state index is 5.68. The van der Waals surface area contributed by atoms with E-state index in [1.807, 2.05) is 0 Å². The van der Waals surface area contributed by atoms with Crippen LogP contribution in [0.4, 0.5) is 5.69 Å². The van der Waals surface area contributed by atoms with E-state index in [0.29, 0.717) is 0 Å². The standard InChI is InChI=1S/C12H16ClNO/c1-14(7-2-6-13)11-3-4-12-10(9-11)5-8-15-12/h3-4,9H,2,5-8H2,1H3. The molecule has 2 nitrogen and oxygen atoms in total. The first-order valence-electron chi connectivity index (χ1n) is 5.34. The molecule has 0 saturated carbocycles. The Balaban J connectivity index is 2.08. The monoisotopic (exact) mass is 225 g/mol. The van der Waals surface area contributed by atoms with Crippen LogP contribution < -0.4 is 9.64 Å². The molecule has 0 atom stereocenters. The zero-order valence-electron chi connectivity index (χ0n) is 9.00. The molecule has 82 valence electrons. The Bertz CT molecular complexity index is 340. The molecule has 0 N–H and O–H groups in total. The molecule has 15 heavy (non-hydrogen) atoms. The summed E-state index contributed by atoms with van der Waals surface area (Å²) in [6.07, 6.45) is 2.05. The minimum absolute atomic E-state index is 0.721. The Morgan fingerprint density at radius 2 is 2.33 bits per heavy atom. The fourth-order valence-electron chi connectivity index (χ4n) is 1.84. The fourth-order valence-corrected chi connectivity index (χ4v) is 1.96. The summed E-state index contributed by atoms with van der Waals surface area (Å²) in [4.78, 5) is 2.24. The van der Waals surface area contributed by atoms with Crippen molar-refractivity contribution in [3.8, 4) is 5.75 Å². The molecule has 1 aromatic carbocycles. The molecular weight excluding hydrogens is 210 g/mol. The Morgan fingerprint density at radius 1 is 1.47 bits per heavy atom. The normalized spacial score (nSPS) is 13.5. The van der Waals surface area contributed by atoms with Crippen molar-refractivity contribution < 1.29 is 4.74 Å². The van der Waals surface area contributed by atoms with Crippen LogP contribution in [0.1, 0.15) is 12.0 Å². The number of anilines is 1. The molecule has 3 heteroatoms. The predicted molar refractivity (Wildman–Crippen MR) is 64.2 cm³/mol. The highest BCUT2D eigenvalue weighted by molar-refractivity contribution is 6.17. The lowest BCUT2D eigenvalue weighted by Gasteiger charge is -2.19. The Kier molecular flexibility index (Phi) is 3.37. The van der Waals surface area contributed by atoms with Crippen LogP contribution in [0.15, 0.2) is 18.2 Å². The van der Waals surface area contributed by atoms with E-state index >= 15 is 0 Å². The molecule has 1 aliphatic heterocycles. The molecule has 0 aromatic heterocycles. The van der Waals surface area contributed by atoms with Gasteiger partial charge in [0.05, 0.1) is 6.61 Å². The smallest absolute Gasteiger partial charge is 0.122 e. The van der Waals surface area contributed by atoms with Gasteiger partial charge in [-0.2, -0.15) is 0 Å². The predicted octanol–water partition coefficient (Wildman–Crippen LogP) is 2.69. The van der Waals surface area contributed by atoms with E-state index < -0.39 is 0 Å². The highest BCUT2D eigenvalue weighted by atomic mass is 35.5. The van der Waals surface area contributed by atoms with Crippen LogP contribution in [0.3, 0.4) is 0 Å². The first-order valence-corrected chi connectivity index (χ1v) is 5.87. The van der Waals surface area contributed by atoms with E-state index in [2.05, 4.69) is 30.1 Å². The molecule has 0 fully saturated rings. The second-order valence-corrected chi connectivity index (χ2v) is 4.23. The summed E-state index contributed by atoms with van der Waals surface area (Å²) in [5, 5.41) is 0. The van der Waals surface area contributed by atoms with Crippen molar-refractivity contribution in [3.63, 3.8) is 0 Å². The van der Waals surface area contributed by atoms with Crippen molar-refractivity contribution in [2.45, 2.75) is 12.8 Å². The third-order valence-corrected chi connectivity index (χ3v) is 3.01. The molecule has 0 aliphatic carbocycles. The number of ether oxygens (including phenoxy) is 1. The highest BCUT2D eigenvalue weighted by Gasteiger charge is 2.12. The van der Waals surface area contributed by atoms with Crippen LogP contribution in [0.2, 0.25) is 0 Å². The van der Waals surface area contributed by atoms with E-state index in [0.717, 1.165) is 37.6 Å². The fraction of sp³-hybridized carbons (Fsp3) is 0.500. The Hall–Kier alpha value is -0.890. The number of hydrogen-bond acceptors (Lipinski definition) is 2. The van der Waals surface area contributed by atoms with Crippen molar-refractivity contribution in [2.75, 3.05) is 31.0 Å². The van der Waals surface area contributed by atoms with Gasteiger partial charge >= 0.3 is 0 Å². The van der Waals surface area contributed by atoms with Crippen molar-refractivity contribution in [3.05, 3.63) is 23.8 Å². The number of rotatable bonds is 4. The second-order valence-electron chi connectivity index (χ2n) is 3.85. The molecule has 1 aromatic rings. The van der Waals surface area contributed by atoms with Gasteiger partial charge in [0, 0.05) is 31.6 Å². The van der Waals surface area contributed by atoms with Crippen molar-refractivity contribution >= 4 is 17.3 Å². The van der Waals surface area contributed by atoms with E-state index in [1.165, 1.54) is 11.3 Å². The summed E-state index contributed by atoms with van der Waals surface area (Å²) in [7, 11) is 2.10. The van der Waals surface area contributed by atoms with Gasteiger partial charge in [-0.1, -0.05) is 0 Å². The zero-order valence-corrected chi connectivity index (χ0v) is 9.76. The minimum atomic E-state index is 0.721. The van der Waals surface area contributed by atoms with Gasteiger partial charge in [0.25, 0.3) is 0 Å². The summed E-state index contributed by atoms with van der Waals surface area (Å²) in [6.45, 7) is 1.83. The Morgan fingerprint density at radius 3 is 3.13 bits per heavy atom. The van der Waals surface area contributed by atoms with Gasteiger partial charge in [-0.3, -0.25) is 0 Å². The van der Waals surface area contributed by atoms with Gasteiger partial charge < -0.3 is 9.64 Å². The molecule has 0 spiro atoms. The largest absolute Gasteiger partial charge is 0.493 e. The third kappa shape index (κ3) is 2.37. The number of halogens is 1. The van der Waals surface area contributed by atoms with Gasteiger partial charge in [-0.15, -0.1) is 11.6 Å². The van der Waals surface area contributed by atoms with Gasteiger partial charge in [0.1, 0.15) is 5.75 Å². The van der Waals surface area contributed by atoms with Crippen LogP contribution in [-0.2, 0) is 6.42 Å². The molecular formula is C12H16ClNO. The molecule has 1 aliphatic rings. The lowest BCUT2D eigenvalue weighted by Crippen LogP contribution is -2.18. The summed E-state index contributed by atoms with van der Waals surface area (Å²) >= 11 is 5.68. The van der Waals surface area contributed by atoms with Crippen molar-refractivity contribution in [1.29, 1.82) is 0 Å². The van der Waals surface area contributed by atoms with E-state index in [-0.39, 0.29) is 0 Å². The number of benzene rings is 1. The van der Waals surface area contributed by atoms with Gasteiger partial charge in [0.15, 0.2) is 0 Å². The Labute approximate surface area is 95.8 Å². The molecule has 1 heterocycles. The number of nitrogens with zero attached hydrogens (tertiary/aromatic N) is 1. The maximum Gasteiger partial charge on any atom is 0.122 e. The first kappa shape index (κ1) is 10.6. The third-order valence-electron chi connectivity index (χ3n) is 2.74. The molecule has 0 saturated heterocycles.